The molecule has 70 valence electrons. The second-order valence-corrected chi connectivity index (χ2v) is 4.29. The van der Waals surface area contributed by atoms with Crippen molar-refractivity contribution in [2.24, 2.45) is 0 Å². The summed E-state index contributed by atoms with van der Waals surface area (Å²) in [5, 5.41) is 1.23. The van der Waals surface area contributed by atoms with Gasteiger partial charge in [-0.1, -0.05) is 36.4 Å². The summed E-state index contributed by atoms with van der Waals surface area (Å²) in [6.07, 6.45) is 0. The van der Waals surface area contributed by atoms with E-state index in [1.165, 1.54) is 11.4 Å². The maximum Gasteiger partial charge on any atom is 0.248 e. The van der Waals surface area contributed by atoms with Crippen molar-refractivity contribution in [3.63, 3.8) is 0 Å². The number of pyridine rings is 1. The van der Waals surface area contributed by atoms with Crippen molar-refractivity contribution in [3.05, 3.63) is 58.9 Å². The molecule has 0 spiro atoms. The van der Waals surface area contributed by atoms with E-state index in [4.69, 9.17) is 0 Å². The van der Waals surface area contributed by atoms with Gasteiger partial charge in [0.25, 0.3) is 0 Å². The Morgan fingerprint density at radius 2 is 1.71 bits per heavy atom. The van der Waals surface area contributed by atoms with Crippen LogP contribution in [-0.4, -0.2) is 4.98 Å². The van der Waals surface area contributed by atoms with Gasteiger partial charge in [0.1, 0.15) is 0 Å². The molecule has 0 fully saturated rings. The Hall–Kier alpha value is -1.40. The number of H-pyrrole nitrogens is 1. The highest BCUT2D eigenvalue weighted by Gasteiger charge is 1.94. The SMILES string of the molecule is O=c1cccc(Pc2ccccc2)[nH]1. The summed E-state index contributed by atoms with van der Waals surface area (Å²) in [5.41, 5.74) is 0.939. The van der Waals surface area contributed by atoms with E-state index in [1.807, 2.05) is 24.3 Å². The molecule has 2 rings (SSSR count). The summed E-state index contributed by atoms with van der Waals surface area (Å²) in [7, 11) is 0.518. The second kappa shape index (κ2) is 4.21. The van der Waals surface area contributed by atoms with Gasteiger partial charge in [0.15, 0.2) is 0 Å². The summed E-state index contributed by atoms with van der Waals surface area (Å²) in [5.74, 6) is 0. The van der Waals surface area contributed by atoms with Crippen LogP contribution in [0.5, 0.6) is 0 Å². The lowest BCUT2D eigenvalue weighted by Crippen LogP contribution is -2.16. The van der Waals surface area contributed by atoms with Crippen LogP contribution in [0.25, 0.3) is 0 Å². The van der Waals surface area contributed by atoms with E-state index in [-0.39, 0.29) is 5.56 Å². The molecule has 0 aliphatic rings. The van der Waals surface area contributed by atoms with Gasteiger partial charge in [0.05, 0.1) is 0 Å². The molecule has 0 radical (unpaired) electrons. The smallest absolute Gasteiger partial charge is 0.248 e. The van der Waals surface area contributed by atoms with Crippen LogP contribution in [0.2, 0.25) is 0 Å². The topological polar surface area (TPSA) is 32.9 Å². The molecule has 0 aliphatic carbocycles. The standard InChI is InChI=1S/C11H10NOP/c13-10-7-4-8-11(12-10)14-9-5-2-1-3-6-9/h1-8,14H,(H,12,13). The predicted molar refractivity (Wildman–Crippen MR) is 61.1 cm³/mol. The third-order valence-electron chi connectivity index (χ3n) is 1.82. The number of benzene rings is 1. The number of hydrogen-bond donors (Lipinski definition) is 1. The van der Waals surface area contributed by atoms with Crippen molar-refractivity contribution >= 4 is 19.3 Å². The molecule has 2 nitrogen and oxygen atoms in total. The number of nitrogens with one attached hydrogen (secondary N) is 1. The van der Waals surface area contributed by atoms with Crippen molar-refractivity contribution in [1.29, 1.82) is 0 Å². The largest absolute Gasteiger partial charge is 0.322 e. The van der Waals surface area contributed by atoms with Crippen LogP contribution in [0.1, 0.15) is 0 Å². The van der Waals surface area contributed by atoms with E-state index in [0.29, 0.717) is 8.58 Å². The van der Waals surface area contributed by atoms with E-state index in [1.54, 1.807) is 6.07 Å². The Morgan fingerprint density at radius 3 is 2.43 bits per heavy atom. The van der Waals surface area contributed by atoms with Gasteiger partial charge in [-0.2, -0.15) is 0 Å². The lowest BCUT2D eigenvalue weighted by Gasteiger charge is -2.00. The predicted octanol–water partition coefficient (Wildman–Crippen LogP) is 1.00. The molecule has 1 atom stereocenters. The molecule has 3 heteroatoms. The van der Waals surface area contributed by atoms with Crippen molar-refractivity contribution in [2.75, 3.05) is 0 Å². The van der Waals surface area contributed by atoms with Gasteiger partial charge in [-0.05, 0) is 20.0 Å². The molecule has 1 aromatic heterocycles. The molecule has 14 heavy (non-hydrogen) atoms. The van der Waals surface area contributed by atoms with Crippen LogP contribution >= 0.6 is 8.58 Å². The van der Waals surface area contributed by atoms with Gasteiger partial charge >= 0.3 is 0 Å². The fraction of sp³-hybridized carbons (Fsp3) is 0. The normalized spacial score (nSPS) is 10.9. The quantitative estimate of drug-likeness (QED) is 0.726. The summed E-state index contributed by atoms with van der Waals surface area (Å²) in [4.78, 5) is 13.8. The Kier molecular flexibility index (Phi) is 2.76. The maximum absolute atomic E-state index is 11.0. The van der Waals surface area contributed by atoms with Crippen molar-refractivity contribution in [1.82, 2.24) is 4.98 Å². The molecule has 0 amide bonds. The number of aromatic amines is 1. The minimum Gasteiger partial charge on any atom is -0.322 e. The molecule has 1 N–H and O–H groups in total. The average molecular weight is 203 g/mol. The first-order chi connectivity index (χ1) is 6.84. The molecular weight excluding hydrogens is 193 g/mol. The van der Waals surface area contributed by atoms with Crippen molar-refractivity contribution < 1.29 is 0 Å². The average Bonchev–Trinajstić information content (AvgIpc) is 2.19. The molecular formula is C11H10NOP. The van der Waals surface area contributed by atoms with E-state index >= 15 is 0 Å². The van der Waals surface area contributed by atoms with Crippen LogP contribution in [0.4, 0.5) is 0 Å². The highest BCUT2D eigenvalue weighted by atomic mass is 31.1. The van der Waals surface area contributed by atoms with Crippen LogP contribution in [0.3, 0.4) is 0 Å². The summed E-state index contributed by atoms with van der Waals surface area (Å²) in [6.45, 7) is 0. The molecule has 0 saturated carbocycles. The van der Waals surface area contributed by atoms with Crippen LogP contribution < -0.4 is 16.3 Å². The Labute approximate surface area is 83.8 Å². The highest BCUT2D eigenvalue weighted by Crippen LogP contribution is 2.06. The van der Waals surface area contributed by atoms with Gasteiger partial charge in [0.2, 0.25) is 5.56 Å². The highest BCUT2D eigenvalue weighted by molar-refractivity contribution is 7.55. The molecule has 0 aliphatic heterocycles. The molecule has 1 unspecified atom stereocenters. The third kappa shape index (κ3) is 2.30. The minimum absolute atomic E-state index is 0.0362. The Balaban J connectivity index is 2.24. The number of aromatic nitrogens is 1. The lowest BCUT2D eigenvalue weighted by atomic mass is 10.4. The van der Waals surface area contributed by atoms with Gasteiger partial charge in [-0.15, -0.1) is 0 Å². The molecule has 0 saturated heterocycles. The van der Waals surface area contributed by atoms with Crippen molar-refractivity contribution in [2.45, 2.75) is 0 Å². The Bertz CT molecular complexity index is 464. The monoisotopic (exact) mass is 203 g/mol. The second-order valence-electron chi connectivity index (χ2n) is 2.92. The zero-order chi connectivity index (χ0) is 9.80. The van der Waals surface area contributed by atoms with Crippen LogP contribution in [0.15, 0.2) is 53.3 Å². The van der Waals surface area contributed by atoms with Crippen LogP contribution in [0, 0.1) is 0 Å². The van der Waals surface area contributed by atoms with E-state index in [2.05, 4.69) is 17.1 Å². The first-order valence-electron chi connectivity index (χ1n) is 4.36. The van der Waals surface area contributed by atoms with Crippen molar-refractivity contribution in [3.8, 4) is 0 Å². The first kappa shape index (κ1) is 9.17. The van der Waals surface area contributed by atoms with E-state index < -0.39 is 0 Å². The minimum atomic E-state index is -0.0362. The molecule has 1 heterocycles. The number of hydrogen-bond acceptors (Lipinski definition) is 1. The fourth-order valence-electron chi connectivity index (χ4n) is 1.20. The zero-order valence-corrected chi connectivity index (χ0v) is 8.53. The molecule has 2 aromatic rings. The van der Waals surface area contributed by atoms with Gasteiger partial charge in [-0.3, -0.25) is 4.79 Å². The maximum atomic E-state index is 11.0. The van der Waals surface area contributed by atoms with E-state index in [9.17, 15) is 4.79 Å². The summed E-state index contributed by atoms with van der Waals surface area (Å²) < 4.78 is 0. The number of rotatable bonds is 2. The van der Waals surface area contributed by atoms with Crippen LogP contribution in [-0.2, 0) is 0 Å². The van der Waals surface area contributed by atoms with Gasteiger partial charge in [-0.25, -0.2) is 0 Å². The zero-order valence-electron chi connectivity index (χ0n) is 7.53. The lowest BCUT2D eigenvalue weighted by molar-refractivity contribution is 1.29. The summed E-state index contributed by atoms with van der Waals surface area (Å²) >= 11 is 0. The van der Waals surface area contributed by atoms with Gasteiger partial charge < -0.3 is 4.98 Å². The summed E-state index contributed by atoms with van der Waals surface area (Å²) in [6, 6.07) is 15.4. The van der Waals surface area contributed by atoms with E-state index in [0.717, 1.165) is 5.44 Å². The molecule has 0 bridgehead atoms. The Morgan fingerprint density at radius 1 is 0.929 bits per heavy atom. The fourth-order valence-corrected chi connectivity index (χ4v) is 2.23. The van der Waals surface area contributed by atoms with Gasteiger partial charge in [0, 0.05) is 11.5 Å². The molecule has 1 aromatic carbocycles. The third-order valence-corrected chi connectivity index (χ3v) is 3.00. The first-order valence-corrected chi connectivity index (χ1v) is 5.36.